The van der Waals surface area contributed by atoms with Crippen LogP contribution in [-0.4, -0.2) is 17.6 Å². The molecule has 2 aliphatic carbocycles. The molecule has 0 bridgehead atoms. The zero-order valence-corrected chi connectivity index (χ0v) is 13.0. The Hall–Kier alpha value is -0.610. The van der Waals surface area contributed by atoms with Gasteiger partial charge in [-0.2, -0.15) is 0 Å². The third kappa shape index (κ3) is 2.17. The number of fused-ring (bicyclic) bond motifs is 1. The van der Waals surface area contributed by atoms with Crippen LogP contribution in [0.5, 0.6) is 0 Å². The summed E-state index contributed by atoms with van der Waals surface area (Å²) >= 11 is 1.89. The average molecular weight is 291 g/mol. The lowest BCUT2D eigenvalue weighted by Gasteiger charge is -2.29. The smallest absolute Gasteiger partial charge is 0.186 e. The van der Waals surface area contributed by atoms with Crippen molar-refractivity contribution in [2.24, 2.45) is 11.7 Å². The molecule has 110 valence electrons. The topological polar surface area (TPSA) is 42.1 Å². The molecule has 0 spiro atoms. The highest BCUT2D eigenvalue weighted by atomic mass is 32.1. The van der Waals surface area contributed by atoms with Crippen LogP contribution in [0, 0.1) is 5.92 Å². The van der Waals surface area contributed by atoms with Crippen molar-refractivity contribution in [1.29, 1.82) is 0 Å². The number of hydrogen-bond donors (Lipinski definition) is 1. The normalized spacial score (nSPS) is 30.9. The molecule has 0 radical (unpaired) electrons. The molecule has 2 heterocycles. The molecule has 0 aromatic carbocycles. The number of rotatable bonds is 2. The Morgan fingerprint density at radius 2 is 1.90 bits per heavy atom. The minimum atomic E-state index is 0.248. The molecule has 4 rings (SSSR count). The lowest BCUT2D eigenvalue weighted by atomic mass is 9.96. The summed E-state index contributed by atoms with van der Waals surface area (Å²) in [5.74, 6) is 0.923. The number of nitrogens with two attached hydrogens (primary N) is 1. The Balaban J connectivity index is 1.59. The van der Waals surface area contributed by atoms with E-state index in [0.29, 0.717) is 0 Å². The molecule has 1 saturated carbocycles. The van der Waals surface area contributed by atoms with Gasteiger partial charge in [-0.15, -0.1) is 0 Å². The maximum absolute atomic E-state index is 6.27. The number of thiazole rings is 1. The fraction of sp³-hybridized carbons (Fsp3) is 0.812. The average Bonchev–Trinajstić information content (AvgIpc) is 3.18. The van der Waals surface area contributed by atoms with Crippen molar-refractivity contribution < 1.29 is 0 Å². The summed E-state index contributed by atoms with van der Waals surface area (Å²) in [7, 11) is 0. The van der Waals surface area contributed by atoms with Crippen LogP contribution in [0.25, 0.3) is 0 Å². The molecule has 2 fully saturated rings. The fourth-order valence-electron chi connectivity index (χ4n) is 4.43. The number of aromatic nitrogens is 1. The first-order valence-electron chi connectivity index (χ1n) is 8.35. The van der Waals surface area contributed by atoms with E-state index in [1.165, 1.54) is 67.2 Å². The summed E-state index contributed by atoms with van der Waals surface area (Å²) in [6, 6.07) is 1.01. The Kier molecular flexibility index (Phi) is 3.47. The largest absolute Gasteiger partial charge is 0.345 e. The fourth-order valence-corrected chi connectivity index (χ4v) is 5.66. The third-order valence-electron chi connectivity index (χ3n) is 5.47. The minimum absolute atomic E-state index is 0.248. The van der Waals surface area contributed by atoms with Gasteiger partial charge in [0.2, 0.25) is 0 Å². The van der Waals surface area contributed by atoms with Crippen LogP contribution < -0.4 is 10.6 Å². The Morgan fingerprint density at radius 1 is 1.05 bits per heavy atom. The van der Waals surface area contributed by atoms with E-state index >= 15 is 0 Å². The van der Waals surface area contributed by atoms with Gasteiger partial charge in [0.25, 0.3) is 0 Å². The van der Waals surface area contributed by atoms with Crippen LogP contribution in [0.2, 0.25) is 0 Å². The molecule has 20 heavy (non-hydrogen) atoms. The van der Waals surface area contributed by atoms with Gasteiger partial charge in [0, 0.05) is 23.5 Å². The molecule has 1 aromatic heterocycles. The molecule has 2 atom stereocenters. The molecular weight excluding hydrogens is 266 g/mol. The van der Waals surface area contributed by atoms with Crippen molar-refractivity contribution in [3.8, 4) is 0 Å². The van der Waals surface area contributed by atoms with Gasteiger partial charge >= 0.3 is 0 Å². The van der Waals surface area contributed by atoms with E-state index in [4.69, 9.17) is 10.7 Å². The Labute approximate surface area is 125 Å². The van der Waals surface area contributed by atoms with E-state index < -0.39 is 0 Å². The molecule has 2 unspecified atom stereocenters. The molecule has 2 N–H and O–H groups in total. The van der Waals surface area contributed by atoms with Gasteiger partial charge < -0.3 is 10.6 Å². The van der Waals surface area contributed by atoms with Crippen molar-refractivity contribution in [3.05, 3.63) is 10.6 Å². The quantitative estimate of drug-likeness (QED) is 0.904. The Bertz CT molecular complexity index is 478. The Morgan fingerprint density at radius 3 is 2.70 bits per heavy atom. The van der Waals surface area contributed by atoms with Gasteiger partial charge in [-0.25, -0.2) is 4.98 Å². The first kappa shape index (κ1) is 13.1. The van der Waals surface area contributed by atoms with E-state index in [1.54, 1.807) is 0 Å². The highest BCUT2D eigenvalue weighted by Crippen LogP contribution is 2.42. The SMILES string of the molecule is NC1CCCc2nc(N3CCCC3C3CCCC3)sc21. The molecule has 1 aliphatic heterocycles. The highest BCUT2D eigenvalue weighted by molar-refractivity contribution is 7.15. The predicted octanol–water partition coefficient (Wildman–Crippen LogP) is 3.64. The predicted molar refractivity (Wildman–Crippen MR) is 84.3 cm³/mol. The third-order valence-corrected chi connectivity index (χ3v) is 6.74. The van der Waals surface area contributed by atoms with Crippen LogP contribution in [0.3, 0.4) is 0 Å². The molecule has 3 nitrogen and oxygen atoms in total. The number of hydrogen-bond acceptors (Lipinski definition) is 4. The van der Waals surface area contributed by atoms with Crippen molar-refractivity contribution >= 4 is 16.5 Å². The summed E-state index contributed by atoms with van der Waals surface area (Å²) in [5, 5.41) is 1.28. The first-order valence-corrected chi connectivity index (χ1v) is 9.16. The summed E-state index contributed by atoms with van der Waals surface area (Å²) in [6.07, 6.45) is 12.0. The summed E-state index contributed by atoms with van der Waals surface area (Å²) < 4.78 is 0. The molecule has 1 aromatic rings. The second-order valence-corrected chi connectivity index (χ2v) is 7.76. The minimum Gasteiger partial charge on any atom is -0.345 e. The van der Waals surface area contributed by atoms with E-state index in [9.17, 15) is 0 Å². The van der Waals surface area contributed by atoms with Crippen LogP contribution in [0.4, 0.5) is 5.13 Å². The standard InChI is InChI=1S/C16H25N3S/c17-12-7-3-8-13-15(12)20-16(18-13)19-10-4-9-14(19)11-5-1-2-6-11/h11-12,14H,1-10,17H2. The number of nitrogens with zero attached hydrogens (tertiary/aromatic N) is 2. The zero-order chi connectivity index (χ0) is 13.5. The second kappa shape index (κ2) is 5.30. The van der Waals surface area contributed by atoms with Crippen LogP contribution in [0.15, 0.2) is 0 Å². The molecule has 3 aliphatic rings. The summed E-state index contributed by atoms with van der Waals surface area (Å²) in [5.41, 5.74) is 7.57. The van der Waals surface area contributed by atoms with Crippen LogP contribution in [0.1, 0.15) is 68.0 Å². The van der Waals surface area contributed by atoms with Gasteiger partial charge in [-0.1, -0.05) is 24.2 Å². The van der Waals surface area contributed by atoms with Crippen molar-refractivity contribution in [1.82, 2.24) is 4.98 Å². The number of anilines is 1. The summed E-state index contributed by atoms with van der Waals surface area (Å²) in [4.78, 5) is 8.98. The lowest BCUT2D eigenvalue weighted by molar-refractivity contribution is 0.430. The monoisotopic (exact) mass is 291 g/mol. The van der Waals surface area contributed by atoms with Gasteiger partial charge in [0.05, 0.1) is 5.69 Å². The molecule has 1 saturated heterocycles. The van der Waals surface area contributed by atoms with Crippen molar-refractivity contribution in [2.75, 3.05) is 11.4 Å². The zero-order valence-electron chi connectivity index (χ0n) is 12.2. The van der Waals surface area contributed by atoms with E-state index in [1.807, 2.05) is 11.3 Å². The lowest BCUT2D eigenvalue weighted by Crippen LogP contribution is -2.34. The first-order chi connectivity index (χ1) is 9.83. The van der Waals surface area contributed by atoms with Crippen molar-refractivity contribution in [3.63, 3.8) is 0 Å². The van der Waals surface area contributed by atoms with Gasteiger partial charge in [0.1, 0.15) is 0 Å². The second-order valence-electron chi connectivity index (χ2n) is 6.75. The van der Waals surface area contributed by atoms with E-state index in [2.05, 4.69) is 4.90 Å². The van der Waals surface area contributed by atoms with E-state index in [-0.39, 0.29) is 6.04 Å². The van der Waals surface area contributed by atoms with Crippen LogP contribution in [-0.2, 0) is 6.42 Å². The highest BCUT2D eigenvalue weighted by Gasteiger charge is 2.35. The van der Waals surface area contributed by atoms with Gasteiger partial charge in [0.15, 0.2) is 5.13 Å². The molecular formula is C16H25N3S. The van der Waals surface area contributed by atoms with Crippen LogP contribution >= 0.6 is 11.3 Å². The van der Waals surface area contributed by atoms with E-state index in [0.717, 1.165) is 24.8 Å². The molecule has 0 amide bonds. The molecule has 4 heteroatoms. The summed E-state index contributed by atoms with van der Waals surface area (Å²) in [6.45, 7) is 1.21. The number of aryl methyl sites for hydroxylation is 1. The van der Waals surface area contributed by atoms with Gasteiger partial charge in [-0.3, -0.25) is 0 Å². The van der Waals surface area contributed by atoms with Gasteiger partial charge in [-0.05, 0) is 50.9 Å². The van der Waals surface area contributed by atoms with Crippen molar-refractivity contribution in [2.45, 2.75) is 69.9 Å². The maximum Gasteiger partial charge on any atom is 0.186 e. The maximum atomic E-state index is 6.27.